The van der Waals surface area contributed by atoms with E-state index >= 15 is 0 Å². The Bertz CT molecular complexity index is 1350. The van der Waals surface area contributed by atoms with Crippen molar-refractivity contribution < 1.29 is 29.3 Å². The van der Waals surface area contributed by atoms with Crippen molar-refractivity contribution in [3.8, 4) is 0 Å². The van der Waals surface area contributed by atoms with Gasteiger partial charge in [0.1, 0.15) is 23.5 Å². The van der Waals surface area contributed by atoms with Crippen LogP contribution in [0.4, 0.5) is 5.82 Å². The van der Waals surface area contributed by atoms with Crippen LogP contribution < -0.4 is 10.6 Å². The van der Waals surface area contributed by atoms with Gasteiger partial charge in [0.15, 0.2) is 5.82 Å². The number of fused-ring (bicyclic) bond motifs is 3. The van der Waals surface area contributed by atoms with Crippen molar-refractivity contribution in [1.82, 2.24) is 19.9 Å². The number of nitrogens with zero attached hydrogens (tertiary/aromatic N) is 3. The molecule has 0 saturated carbocycles. The quantitative estimate of drug-likeness (QED) is 0.217. The van der Waals surface area contributed by atoms with Gasteiger partial charge in [-0.25, -0.2) is 9.97 Å². The lowest BCUT2D eigenvalue weighted by Gasteiger charge is -2.28. The number of aromatic nitrogens is 3. The molecule has 11 heteroatoms. The monoisotopic (exact) mass is 617 g/mol. The molecule has 4 N–H and O–H groups in total. The molecule has 44 heavy (non-hydrogen) atoms. The first-order chi connectivity index (χ1) is 20.3. The predicted molar refractivity (Wildman–Crippen MR) is 176 cm³/mol. The maximum atomic E-state index is 12.9. The van der Waals surface area contributed by atoms with E-state index in [9.17, 15) is 19.8 Å². The van der Waals surface area contributed by atoms with Gasteiger partial charge in [-0.2, -0.15) is 0 Å². The van der Waals surface area contributed by atoms with Crippen LogP contribution in [0, 0.1) is 5.92 Å². The van der Waals surface area contributed by atoms with Gasteiger partial charge in [-0.15, -0.1) is 0 Å². The first-order valence-electron chi connectivity index (χ1n) is 15.4. The molecular weight excluding hydrogens is 562 g/mol. The highest BCUT2D eigenvalue weighted by atomic mass is 16.5. The molecule has 0 atom stereocenters. The van der Waals surface area contributed by atoms with Gasteiger partial charge in [0, 0.05) is 12.0 Å². The van der Waals surface area contributed by atoms with Gasteiger partial charge in [0.25, 0.3) is 5.91 Å². The van der Waals surface area contributed by atoms with Gasteiger partial charge in [0.05, 0.1) is 41.9 Å². The lowest BCUT2D eigenvalue weighted by molar-refractivity contribution is -0.150. The Labute approximate surface area is 262 Å². The smallest absolute Gasteiger partial charge is 0.252 e. The van der Waals surface area contributed by atoms with Crippen molar-refractivity contribution >= 4 is 39.6 Å². The zero-order valence-electron chi connectivity index (χ0n) is 28.8. The molecule has 2 aromatic heterocycles. The zero-order chi connectivity index (χ0) is 33.9. The maximum absolute atomic E-state index is 12.9. The fourth-order valence-corrected chi connectivity index (χ4v) is 3.80. The predicted octanol–water partition coefficient (Wildman–Crippen LogP) is 5.20. The normalized spacial score (nSPS) is 12.0. The molecule has 2 heterocycles. The number of hydrogen-bond acceptors (Lipinski definition) is 8. The number of para-hydroxylation sites is 1. The van der Waals surface area contributed by atoms with Crippen molar-refractivity contribution in [3.05, 3.63) is 30.1 Å². The zero-order valence-corrected chi connectivity index (χ0v) is 28.8. The minimum Gasteiger partial charge on any atom is -0.389 e. The second-order valence-corrected chi connectivity index (χ2v) is 12.8. The van der Waals surface area contributed by atoms with E-state index in [2.05, 4.69) is 36.4 Å². The lowest BCUT2D eigenvalue weighted by atomic mass is 10.1. The van der Waals surface area contributed by atoms with E-state index < -0.39 is 28.6 Å². The number of imidazole rings is 1. The number of carbonyl (C=O) groups is 2. The minimum absolute atomic E-state index is 0.0456. The van der Waals surface area contributed by atoms with Gasteiger partial charge in [-0.1, -0.05) is 52.8 Å². The van der Waals surface area contributed by atoms with E-state index in [1.165, 1.54) is 0 Å². The summed E-state index contributed by atoms with van der Waals surface area (Å²) in [4.78, 5) is 34.9. The summed E-state index contributed by atoms with van der Waals surface area (Å²) < 4.78 is 13.1. The average Bonchev–Trinajstić information content (AvgIpc) is 3.27. The summed E-state index contributed by atoms with van der Waals surface area (Å²) in [6.07, 6.45) is 0. The van der Waals surface area contributed by atoms with Gasteiger partial charge in [0.2, 0.25) is 5.91 Å². The molecule has 0 radical (unpaired) electrons. The summed E-state index contributed by atoms with van der Waals surface area (Å²) in [5.74, 6) is 0.672. The fraction of sp³-hybridized carbons (Fsp3) is 0.636. The topological polar surface area (TPSA) is 148 Å². The lowest BCUT2D eigenvalue weighted by Crippen LogP contribution is -2.48. The van der Waals surface area contributed by atoms with Gasteiger partial charge in [-0.05, 0) is 60.5 Å². The molecule has 1 aromatic carbocycles. The van der Waals surface area contributed by atoms with Crippen molar-refractivity contribution in [2.45, 2.75) is 113 Å². The summed E-state index contributed by atoms with van der Waals surface area (Å²) in [6.45, 7) is 22.7. The fourth-order valence-electron chi connectivity index (χ4n) is 3.80. The van der Waals surface area contributed by atoms with Gasteiger partial charge < -0.3 is 34.9 Å². The molecule has 0 aliphatic rings. The summed E-state index contributed by atoms with van der Waals surface area (Å²) in [5, 5.41) is 26.7. The van der Waals surface area contributed by atoms with E-state index in [-0.39, 0.29) is 32.1 Å². The van der Waals surface area contributed by atoms with Crippen molar-refractivity contribution in [2.24, 2.45) is 5.92 Å². The van der Waals surface area contributed by atoms with Crippen LogP contribution >= 0.6 is 0 Å². The number of amides is 2. The van der Waals surface area contributed by atoms with E-state index in [0.29, 0.717) is 29.0 Å². The largest absolute Gasteiger partial charge is 0.389 e. The van der Waals surface area contributed by atoms with Crippen molar-refractivity contribution in [2.75, 3.05) is 25.1 Å². The molecule has 0 aliphatic heterocycles. The molecule has 248 valence electrons. The van der Waals surface area contributed by atoms with E-state index in [0.717, 1.165) is 11.3 Å². The molecule has 0 fully saturated rings. The van der Waals surface area contributed by atoms with Crippen LogP contribution in [0.3, 0.4) is 0 Å². The SMILES string of the molecule is CC.CC(C)C.CCOCc1nc2c(NC(=O)CNC(=O)C(C)(C)OCC(C)(C)O)nc3ccccc3c2n1CC(C)(C)O. The average molecular weight is 618 g/mol. The van der Waals surface area contributed by atoms with Crippen LogP contribution in [0.2, 0.25) is 0 Å². The van der Waals surface area contributed by atoms with E-state index in [1.54, 1.807) is 41.5 Å². The standard InChI is InChI=1S/C27H39N5O6.C4H10.C2H6/c1-8-37-14-19-30-21-22(32(19)15-25(2,3)35)17-11-9-10-12-18(17)29-23(21)31-20(33)13-28-24(34)27(6,7)38-16-26(4,5)36;1-4(2)3;1-2/h9-12,35-36H,8,13-16H2,1-7H3,(H,28,34)(H,29,31,33);4H,1-3H3;1-2H3. The highest BCUT2D eigenvalue weighted by Gasteiger charge is 2.31. The Morgan fingerprint density at radius 2 is 1.57 bits per heavy atom. The molecule has 2 amide bonds. The number of pyridine rings is 1. The number of anilines is 1. The van der Waals surface area contributed by atoms with Crippen LogP contribution in [0.15, 0.2) is 24.3 Å². The maximum Gasteiger partial charge on any atom is 0.252 e. The van der Waals surface area contributed by atoms with Crippen LogP contribution in [0.1, 0.15) is 88.9 Å². The van der Waals surface area contributed by atoms with Crippen LogP contribution in [0.5, 0.6) is 0 Å². The summed E-state index contributed by atoms with van der Waals surface area (Å²) >= 11 is 0. The van der Waals surface area contributed by atoms with E-state index in [4.69, 9.17) is 14.5 Å². The second kappa shape index (κ2) is 16.8. The Hall–Kier alpha value is -3.12. The molecule has 0 bridgehead atoms. The van der Waals surface area contributed by atoms with Gasteiger partial charge in [-0.3, -0.25) is 9.59 Å². The number of ether oxygens (including phenoxy) is 2. The number of hydrogen-bond donors (Lipinski definition) is 4. The minimum atomic E-state index is -1.25. The molecule has 0 saturated heterocycles. The first kappa shape index (κ1) is 38.9. The summed E-state index contributed by atoms with van der Waals surface area (Å²) in [7, 11) is 0. The highest BCUT2D eigenvalue weighted by Crippen LogP contribution is 2.31. The third-order valence-electron chi connectivity index (χ3n) is 5.64. The number of rotatable bonds is 12. The molecule has 3 rings (SSSR count). The van der Waals surface area contributed by atoms with Crippen LogP contribution in [-0.4, -0.2) is 73.1 Å². The third-order valence-corrected chi connectivity index (χ3v) is 5.64. The summed E-state index contributed by atoms with van der Waals surface area (Å²) in [5.41, 5.74) is -1.58. The van der Waals surface area contributed by atoms with Gasteiger partial charge >= 0.3 is 0 Å². The Balaban J connectivity index is 0.00000149. The first-order valence-corrected chi connectivity index (χ1v) is 15.4. The third kappa shape index (κ3) is 12.5. The Morgan fingerprint density at radius 1 is 0.977 bits per heavy atom. The van der Waals surface area contributed by atoms with Crippen LogP contribution in [0.25, 0.3) is 21.9 Å². The number of carbonyl (C=O) groups excluding carboxylic acids is 2. The van der Waals surface area contributed by atoms with Crippen molar-refractivity contribution in [3.63, 3.8) is 0 Å². The molecule has 11 nitrogen and oxygen atoms in total. The van der Waals surface area contributed by atoms with E-state index in [1.807, 2.05) is 49.6 Å². The van der Waals surface area contributed by atoms with Crippen molar-refractivity contribution in [1.29, 1.82) is 0 Å². The molecule has 0 spiro atoms. The molecule has 0 unspecified atom stereocenters. The molecule has 0 aliphatic carbocycles. The Kier molecular flexibility index (Phi) is 14.9. The highest BCUT2D eigenvalue weighted by molar-refractivity contribution is 6.10. The number of benzene rings is 1. The molecule has 3 aromatic rings. The van der Waals surface area contributed by atoms with Crippen LogP contribution in [-0.2, 0) is 32.2 Å². The number of nitrogens with one attached hydrogen (secondary N) is 2. The second-order valence-electron chi connectivity index (χ2n) is 12.8. The molecular formula is C33H55N5O6. The summed E-state index contributed by atoms with van der Waals surface area (Å²) in [6, 6.07) is 7.49. The number of aliphatic hydroxyl groups is 2. The Morgan fingerprint density at radius 3 is 2.11 bits per heavy atom.